The second-order valence-corrected chi connectivity index (χ2v) is 11.8. The molecular weight excluding hydrogens is 583 g/mol. The number of carbonyl (C=O) groups excluding carboxylic acids is 1. The van der Waals surface area contributed by atoms with E-state index in [1.54, 1.807) is 34.1 Å². The van der Waals surface area contributed by atoms with Crippen LogP contribution in [0.5, 0.6) is 0 Å². The summed E-state index contributed by atoms with van der Waals surface area (Å²) in [5, 5.41) is 1.15. The van der Waals surface area contributed by atoms with E-state index in [0.717, 1.165) is 11.3 Å². The van der Waals surface area contributed by atoms with Crippen LogP contribution < -0.4 is 16.3 Å². The predicted octanol–water partition coefficient (Wildman–Crippen LogP) is 6.22. The number of fused-ring (bicyclic) bond motifs is 3. The summed E-state index contributed by atoms with van der Waals surface area (Å²) in [5.41, 5.74) is 9.79. The van der Waals surface area contributed by atoms with E-state index in [-0.39, 0.29) is 28.6 Å². The summed E-state index contributed by atoms with van der Waals surface area (Å²) in [5.74, 6) is -0.380. The van der Waals surface area contributed by atoms with Crippen molar-refractivity contribution in [3.8, 4) is 16.8 Å². The molecule has 0 bridgehead atoms. The molecular formula is C33H32ClFN6O3. The second-order valence-electron chi connectivity index (χ2n) is 11.4. The number of rotatable bonds is 5. The lowest BCUT2D eigenvalue weighted by atomic mass is 9.97. The van der Waals surface area contributed by atoms with Gasteiger partial charge >= 0.3 is 5.69 Å². The number of nitrogens with two attached hydrogens (primary N) is 1. The molecule has 1 aliphatic rings. The molecule has 44 heavy (non-hydrogen) atoms. The van der Waals surface area contributed by atoms with Gasteiger partial charge in [0.05, 0.1) is 33.6 Å². The molecule has 1 saturated heterocycles. The molecule has 1 amide bonds. The first-order valence-corrected chi connectivity index (χ1v) is 14.7. The molecule has 1 atom stereocenters. The second kappa shape index (κ2) is 11.1. The number of aromatic nitrogens is 3. The molecule has 9 nitrogen and oxygen atoms in total. The number of hydrogen-bond donors (Lipinski definition) is 1. The normalized spacial score (nSPS) is 15.5. The Kier molecular flexibility index (Phi) is 7.41. The van der Waals surface area contributed by atoms with Crippen LogP contribution in [-0.2, 0) is 4.79 Å². The molecule has 0 spiro atoms. The third kappa shape index (κ3) is 4.70. The molecule has 4 heterocycles. The highest BCUT2D eigenvalue weighted by Gasteiger charge is 2.31. The van der Waals surface area contributed by atoms with Crippen LogP contribution in [0.25, 0.3) is 38.7 Å². The summed E-state index contributed by atoms with van der Waals surface area (Å²) in [6.45, 7) is 12.8. The first kappa shape index (κ1) is 29.4. The summed E-state index contributed by atoms with van der Waals surface area (Å²) in [6, 6.07) is 8.05. The minimum atomic E-state index is -0.655. The number of halogens is 2. The number of amides is 1. The van der Waals surface area contributed by atoms with Gasteiger partial charge < -0.3 is 20.0 Å². The SMILES string of the molecule is C=CC(=O)N1CCN(c2nc(=O)n(-c3c(C)ccnc3C(C)C)c3cc(-c4cc(N)cc(F)c4Cl)c4ccoc4c23)C(C)C1. The Labute approximate surface area is 258 Å². The largest absolute Gasteiger partial charge is 0.463 e. The molecule has 0 aliphatic carbocycles. The number of nitrogens with zero attached hydrogens (tertiary/aromatic N) is 5. The van der Waals surface area contributed by atoms with Gasteiger partial charge in [-0.05, 0) is 67.3 Å². The Bertz CT molecular complexity index is 2030. The van der Waals surface area contributed by atoms with Gasteiger partial charge in [-0.15, -0.1) is 0 Å². The van der Waals surface area contributed by atoms with E-state index in [0.29, 0.717) is 64.1 Å². The van der Waals surface area contributed by atoms with E-state index in [1.807, 2.05) is 44.7 Å². The maximum atomic E-state index is 14.9. The van der Waals surface area contributed by atoms with Crippen LogP contribution in [0.1, 0.15) is 37.9 Å². The zero-order valence-electron chi connectivity index (χ0n) is 24.9. The Morgan fingerprint density at radius 2 is 2.00 bits per heavy atom. The quantitative estimate of drug-likeness (QED) is 0.185. The van der Waals surface area contributed by atoms with Gasteiger partial charge in [0.25, 0.3) is 0 Å². The summed E-state index contributed by atoms with van der Waals surface area (Å²) in [7, 11) is 0. The van der Waals surface area contributed by atoms with Gasteiger partial charge in [0, 0.05) is 48.5 Å². The topological polar surface area (TPSA) is 110 Å². The zero-order chi connectivity index (χ0) is 31.4. The zero-order valence-corrected chi connectivity index (χ0v) is 25.7. The highest BCUT2D eigenvalue weighted by molar-refractivity contribution is 6.34. The number of pyridine rings is 1. The third-order valence-electron chi connectivity index (χ3n) is 8.23. The first-order valence-electron chi connectivity index (χ1n) is 14.4. The van der Waals surface area contributed by atoms with Crippen molar-refractivity contribution in [2.45, 2.75) is 39.7 Å². The number of nitrogen functional groups attached to an aromatic ring is 1. The van der Waals surface area contributed by atoms with Gasteiger partial charge in [0.2, 0.25) is 5.91 Å². The Morgan fingerprint density at radius 1 is 1.23 bits per heavy atom. The van der Waals surface area contributed by atoms with Crippen LogP contribution in [0, 0.1) is 12.7 Å². The number of piperazine rings is 1. The summed E-state index contributed by atoms with van der Waals surface area (Å²) in [6.07, 6.45) is 4.57. The molecule has 5 aromatic rings. The summed E-state index contributed by atoms with van der Waals surface area (Å²) < 4.78 is 22.6. The lowest BCUT2D eigenvalue weighted by Crippen LogP contribution is -2.54. The van der Waals surface area contributed by atoms with Crippen LogP contribution in [0.4, 0.5) is 15.9 Å². The number of benzene rings is 2. The van der Waals surface area contributed by atoms with Crippen molar-refractivity contribution in [2.24, 2.45) is 0 Å². The molecule has 1 fully saturated rings. The van der Waals surface area contributed by atoms with Crippen LogP contribution in [-0.4, -0.2) is 51.0 Å². The first-order chi connectivity index (χ1) is 21.0. The Hall–Kier alpha value is -4.70. The molecule has 11 heteroatoms. The monoisotopic (exact) mass is 614 g/mol. The molecule has 6 rings (SSSR count). The fourth-order valence-corrected chi connectivity index (χ4v) is 6.36. The summed E-state index contributed by atoms with van der Waals surface area (Å²) >= 11 is 6.52. The van der Waals surface area contributed by atoms with Crippen molar-refractivity contribution in [2.75, 3.05) is 30.3 Å². The number of hydrogen-bond acceptors (Lipinski definition) is 7. The van der Waals surface area contributed by atoms with E-state index in [4.69, 9.17) is 21.8 Å². The van der Waals surface area contributed by atoms with Gasteiger partial charge in [0.15, 0.2) is 0 Å². The van der Waals surface area contributed by atoms with Gasteiger partial charge in [0.1, 0.15) is 17.2 Å². The number of carbonyl (C=O) groups is 1. The lowest BCUT2D eigenvalue weighted by Gasteiger charge is -2.40. The fraction of sp³-hybridized carbons (Fsp3) is 0.273. The Morgan fingerprint density at radius 3 is 2.70 bits per heavy atom. The molecule has 2 aromatic carbocycles. The summed E-state index contributed by atoms with van der Waals surface area (Å²) in [4.78, 5) is 39.7. The van der Waals surface area contributed by atoms with Gasteiger partial charge in [-0.25, -0.2) is 9.18 Å². The van der Waals surface area contributed by atoms with Crippen molar-refractivity contribution in [3.05, 3.63) is 88.0 Å². The average Bonchev–Trinajstić information content (AvgIpc) is 3.48. The molecule has 226 valence electrons. The van der Waals surface area contributed by atoms with Gasteiger partial charge in [-0.1, -0.05) is 32.0 Å². The van der Waals surface area contributed by atoms with E-state index in [2.05, 4.69) is 16.5 Å². The minimum Gasteiger partial charge on any atom is -0.463 e. The van der Waals surface area contributed by atoms with Crippen molar-refractivity contribution >= 4 is 50.9 Å². The molecule has 0 saturated carbocycles. The van der Waals surface area contributed by atoms with E-state index >= 15 is 0 Å². The van der Waals surface area contributed by atoms with Crippen LogP contribution in [0.2, 0.25) is 5.02 Å². The molecule has 3 aromatic heterocycles. The number of anilines is 2. The van der Waals surface area contributed by atoms with Crippen LogP contribution >= 0.6 is 11.6 Å². The molecule has 1 unspecified atom stereocenters. The van der Waals surface area contributed by atoms with E-state index in [9.17, 15) is 14.0 Å². The highest BCUT2D eigenvalue weighted by Crippen LogP contribution is 2.43. The standard InChI is InChI=1S/C33H32ClFN6O3/c1-6-26(42)39-10-11-40(19(5)16-39)32-27-25(41(33(43)38-32)30-18(4)7-9-37-29(30)17(2)3)15-22(21-8-12-44-31(21)27)23-13-20(36)14-24(35)28(23)34/h6-9,12-15,17,19H,1,10-11,16,36H2,2-5H3. The predicted molar refractivity (Wildman–Crippen MR) is 172 cm³/mol. The third-order valence-corrected chi connectivity index (χ3v) is 8.61. The highest BCUT2D eigenvalue weighted by atomic mass is 35.5. The van der Waals surface area contributed by atoms with Crippen LogP contribution in [0.3, 0.4) is 0 Å². The number of furan rings is 1. The van der Waals surface area contributed by atoms with Crippen molar-refractivity contribution in [3.63, 3.8) is 0 Å². The van der Waals surface area contributed by atoms with Gasteiger partial charge in [-0.2, -0.15) is 4.98 Å². The van der Waals surface area contributed by atoms with E-state index in [1.165, 1.54) is 12.1 Å². The Balaban J connectivity index is 1.73. The minimum absolute atomic E-state index is 0.00806. The average molecular weight is 615 g/mol. The molecule has 1 aliphatic heterocycles. The lowest BCUT2D eigenvalue weighted by molar-refractivity contribution is -0.126. The van der Waals surface area contributed by atoms with Crippen molar-refractivity contribution in [1.82, 2.24) is 19.4 Å². The maximum Gasteiger partial charge on any atom is 0.354 e. The smallest absolute Gasteiger partial charge is 0.354 e. The molecule has 2 N–H and O–H groups in total. The van der Waals surface area contributed by atoms with Crippen molar-refractivity contribution in [1.29, 1.82) is 0 Å². The fourth-order valence-electron chi connectivity index (χ4n) is 6.15. The number of aryl methyl sites for hydroxylation is 1. The van der Waals surface area contributed by atoms with Crippen LogP contribution in [0.15, 0.2) is 64.7 Å². The van der Waals surface area contributed by atoms with Crippen molar-refractivity contribution < 1.29 is 13.6 Å². The molecule has 0 radical (unpaired) electrons. The van der Waals surface area contributed by atoms with E-state index < -0.39 is 11.5 Å². The van der Waals surface area contributed by atoms with Gasteiger partial charge in [-0.3, -0.25) is 14.3 Å². The maximum absolute atomic E-state index is 14.9.